The van der Waals surface area contributed by atoms with Crippen molar-refractivity contribution in [3.05, 3.63) is 29.1 Å². The van der Waals surface area contributed by atoms with Crippen LogP contribution in [-0.2, 0) is 23.1 Å². The average molecular weight is 304 g/mol. The summed E-state index contributed by atoms with van der Waals surface area (Å²) in [5.74, 6) is -0.710. The number of rotatable bonds is 5. The van der Waals surface area contributed by atoms with Crippen molar-refractivity contribution in [3.8, 4) is 0 Å². The summed E-state index contributed by atoms with van der Waals surface area (Å²) in [5, 5.41) is 7.30. The van der Waals surface area contributed by atoms with Crippen LogP contribution in [0, 0.1) is 19.8 Å². The van der Waals surface area contributed by atoms with Gasteiger partial charge in [0.05, 0.1) is 11.6 Å². The molecule has 2 rings (SSSR count). The van der Waals surface area contributed by atoms with Crippen molar-refractivity contribution in [2.24, 2.45) is 18.7 Å². The fraction of sp³-hybridized carbons (Fsp3) is 0.562. The molecule has 2 amide bonds. The minimum absolute atomic E-state index is 0.0470. The maximum atomic E-state index is 12.2. The third kappa shape index (κ3) is 3.55. The fourth-order valence-corrected chi connectivity index (χ4v) is 2.98. The maximum absolute atomic E-state index is 12.2. The number of nitrogens with two attached hydrogens (primary N) is 1. The second-order valence-electron chi connectivity index (χ2n) is 5.90. The molecule has 1 aliphatic rings. The van der Waals surface area contributed by atoms with Crippen LogP contribution in [-0.4, -0.2) is 27.6 Å². The highest BCUT2D eigenvalue weighted by molar-refractivity contribution is 5.81. The molecule has 0 saturated carbocycles. The van der Waals surface area contributed by atoms with Crippen LogP contribution in [0.15, 0.2) is 12.2 Å². The van der Waals surface area contributed by atoms with Gasteiger partial charge in [0, 0.05) is 25.2 Å². The number of allylic oxidation sites excluding steroid dienone is 1. The molecule has 0 bridgehead atoms. The molecule has 1 aliphatic carbocycles. The van der Waals surface area contributed by atoms with E-state index in [0.717, 1.165) is 17.0 Å². The van der Waals surface area contributed by atoms with Crippen molar-refractivity contribution in [2.45, 2.75) is 45.6 Å². The molecule has 0 spiro atoms. The van der Waals surface area contributed by atoms with Crippen LogP contribution in [0.25, 0.3) is 0 Å². The number of hydrogen-bond donors (Lipinski definition) is 2. The van der Waals surface area contributed by atoms with Crippen LogP contribution in [0.5, 0.6) is 0 Å². The number of nitrogens with zero attached hydrogens (tertiary/aromatic N) is 2. The molecule has 3 N–H and O–H groups in total. The second kappa shape index (κ2) is 6.77. The fourth-order valence-electron chi connectivity index (χ4n) is 2.98. The topological polar surface area (TPSA) is 90.0 Å². The Morgan fingerprint density at radius 3 is 2.64 bits per heavy atom. The lowest BCUT2D eigenvalue weighted by atomic mass is 9.88. The number of hydrogen-bond acceptors (Lipinski definition) is 3. The molecule has 0 unspecified atom stereocenters. The summed E-state index contributed by atoms with van der Waals surface area (Å²) in [4.78, 5) is 23.6. The third-order valence-electron chi connectivity index (χ3n) is 4.41. The van der Waals surface area contributed by atoms with E-state index in [1.54, 1.807) is 0 Å². The van der Waals surface area contributed by atoms with E-state index in [0.29, 0.717) is 25.7 Å². The molecule has 0 saturated heterocycles. The molecule has 6 nitrogen and oxygen atoms in total. The van der Waals surface area contributed by atoms with Gasteiger partial charge in [0.1, 0.15) is 0 Å². The molecule has 120 valence electrons. The van der Waals surface area contributed by atoms with Gasteiger partial charge < -0.3 is 11.1 Å². The molecule has 1 aromatic rings. The summed E-state index contributed by atoms with van der Waals surface area (Å²) in [6.45, 7) is 3.96. The third-order valence-corrected chi connectivity index (χ3v) is 4.41. The van der Waals surface area contributed by atoms with Gasteiger partial charge in [-0.3, -0.25) is 14.3 Å². The molecule has 0 aliphatic heterocycles. The Hall–Kier alpha value is -2.11. The molecule has 1 heterocycles. The summed E-state index contributed by atoms with van der Waals surface area (Å²) >= 11 is 0. The van der Waals surface area contributed by atoms with Gasteiger partial charge in [-0.1, -0.05) is 12.2 Å². The Morgan fingerprint density at radius 2 is 2.05 bits per heavy atom. The summed E-state index contributed by atoms with van der Waals surface area (Å²) in [6, 6.07) is -0.189. The first-order valence-electron chi connectivity index (χ1n) is 7.63. The van der Waals surface area contributed by atoms with Crippen LogP contribution in [0.4, 0.5) is 0 Å². The number of aromatic nitrogens is 2. The first-order valence-corrected chi connectivity index (χ1v) is 7.63. The summed E-state index contributed by atoms with van der Waals surface area (Å²) in [5.41, 5.74) is 8.57. The quantitative estimate of drug-likeness (QED) is 0.792. The summed E-state index contributed by atoms with van der Waals surface area (Å²) < 4.78 is 1.83. The van der Waals surface area contributed by atoms with E-state index in [9.17, 15) is 9.59 Å². The Bertz CT molecular complexity index is 604. The van der Waals surface area contributed by atoms with Crippen LogP contribution in [0.2, 0.25) is 0 Å². The number of primary amides is 1. The molecule has 0 radical (unpaired) electrons. The van der Waals surface area contributed by atoms with Gasteiger partial charge in [-0.15, -0.1) is 0 Å². The Morgan fingerprint density at radius 1 is 1.36 bits per heavy atom. The van der Waals surface area contributed by atoms with Crippen LogP contribution in [0.1, 0.15) is 36.2 Å². The smallest absolute Gasteiger partial charge is 0.222 e. The molecule has 0 fully saturated rings. The zero-order valence-corrected chi connectivity index (χ0v) is 13.4. The predicted molar refractivity (Wildman–Crippen MR) is 84.0 cm³/mol. The largest absolute Gasteiger partial charge is 0.369 e. The van der Waals surface area contributed by atoms with Gasteiger partial charge in [0.2, 0.25) is 11.8 Å². The monoisotopic (exact) mass is 304 g/mol. The van der Waals surface area contributed by atoms with E-state index in [1.807, 2.05) is 37.7 Å². The van der Waals surface area contributed by atoms with Crippen LogP contribution >= 0.6 is 0 Å². The second-order valence-corrected chi connectivity index (χ2v) is 5.90. The summed E-state index contributed by atoms with van der Waals surface area (Å²) in [7, 11) is 1.90. The molecule has 2 atom stereocenters. The minimum atomic E-state index is -0.353. The lowest BCUT2D eigenvalue weighted by Gasteiger charge is -2.26. The molecule has 1 aromatic heterocycles. The van der Waals surface area contributed by atoms with Gasteiger partial charge in [-0.05, 0) is 38.7 Å². The van der Waals surface area contributed by atoms with Crippen LogP contribution in [0.3, 0.4) is 0 Å². The molecular formula is C16H24N4O2. The van der Waals surface area contributed by atoms with Crippen molar-refractivity contribution in [1.82, 2.24) is 15.1 Å². The summed E-state index contributed by atoms with van der Waals surface area (Å²) in [6.07, 6.45) is 6.23. The Balaban J connectivity index is 1.92. The van der Waals surface area contributed by atoms with E-state index in [4.69, 9.17) is 5.73 Å². The first kappa shape index (κ1) is 16.3. The zero-order chi connectivity index (χ0) is 16.3. The van der Waals surface area contributed by atoms with Crippen molar-refractivity contribution in [2.75, 3.05) is 0 Å². The number of nitrogens with one attached hydrogen (secondary N) is 1. The standard InChI is InChI=1S/C16H24N4O2/c1-10-12(11(2)20(3)19-10)8-9-15(21)18-14-7-5-4-6-13(14)16(17)22/h4-5,13-14H,6-9H2,1-3H3,(H2,17,22)(H,18,21)/t13-,14-/m1/s1. The number of amides is 2. The van der Waals surface area contributed by atoms with Gasteiger partial charge in [-0.2, -0.15) is 5.10 Å². The van der Waals surface area contributed by atoms with E-state index in [-0.39, 0.29) is 23.8 Å². The van der Waals surface area contributed by atoms with Crippen molar-refractivity contribution >= 4 is 11.8 Å². The van der Waals surface area contributed by atoms with Crippen molar-refractivity contribution < 1.29 is 9.59 Å². The van der Waals surface area contributed by atoms with Gasteiger partial charge >= 0.3 is 0 Å². The molecule has 22 heavy (non-hydrogen) atoms. The average Bonchev–Trinajstić information content (AvgIpc) is 2.70. The highest BCUT2D eigenvalue weighted by Crippen LogP contribution is 2.19. The number of aryl methyl sites for hydroxylation is 2. The van der Waals surface area contributed by atoms with Crippen molar-refractivity contribution in [1.29, 1.82) is 0 Å². The Labute approximate surface area is 130 Å². The van der Waals surface area contributed by atoms with Crippen LogP contribution < -0.4 is 11.1 Å². The van der Waals surface area contributed by atoms with E-state index < -0.39 is 0 Å². The Kier molecular flexibility index (Phi) is 5.00. The van der Waals surface area contributed by atoms with E-state index in [2.05, 4.69) is 10.4 Å². The maximum Gasteiger partial charge on any atom is 0.222 e. The highest BCUT2D eigenvalue weighted by Gasteiger charge is 2.28. The highest BCUT2D eigenvalue weighted by atomic mass is 16.2. The SMILES string of the molecule is Cc1nn(C)c(C)c1CCC(=O)N[C@@H]1CC=CC[C@H]1C(N)=O. The van der Waals surface area contributed by atoms with Gasteiger partial charge in [0.25, 0.3) is 0 Å². The van der Waals surface area contributed by atoms with Crippen molar-refractivity contribution in [3.63, 3.8) is 0 Å². The van der Waals surface area contributed by atoms with Gasteiger partial charge in [-0.25, -0.2) is 0 Å². The lowest BCUT2D eigenvalue weighted by Crippen LogP contribution is -2.46. The van der Waals surface area contributed by atoms with E-state index >= 15 is 0 Å². The zero-order valence-electron chi connectivity index (χ0n) is 13.4. The predicted octanol–water partition coefficient (Wildman–Crippen LogP) is 0.906. The number of carbonyl (C=O) groups is 2. The lowest BCUT2D eigenvalue weighted by molar-refractivity contribution is -0.125. The minimum Gasteiger partial charge on any atom is -0.369 e. The molecular weight excluding hydrogens is 280 g/mol. The van der Waals surface area contributed by atoms with Gasteiger partial charge in [0.15, 0.2) is 0 Å². The number of carbonyl (C=O) groups excluding carboxylic acids is 2. The molecule has 0 aromatic carbocycles. The molecule has 6 heteroatoms. The first-order chi connectivity index (χ1) is 10.4. The van der Waals surface area contributed by atoms with E-state index in [1.165, 1.54) is 0 Å². The normalized spacial score (nSPS) is 20.9.